The van der Waals surface area contributed by atoms with Gasteiger partial charge in [0.1, 0.15) is 12.6 Å². The number of aryl methyl sites for hydroxylation is 5. The first-order valence-electron chi connectivity index (χ1n) is 12.3. The summed E-state index contributed by atoms with van der Waals surface area (Å²) in [4.78, 5) is 0. The fourth-order valence-electron chi connectivity index (χ4n) is 4.12. The summed E-state index contributed by atoms with van der Waals surface area (Å²) >= 11 is 0. The summed E-state index contributed by atoms with van der Waals surface area (Å²) in [6, 6.07) is 15.1. The Hall–Kier alpha value is -3.13. The molecule has 0 unspecified atom stereocenters. The van der Waals surface area contributed by atoms with Crippen LogP contribution in [-0.4, -0.2) is 0 Å². The molecular formula is C26H24NO+. The molecule has 0 spiro atoms. The van der Waals surface area contributed by atoms with Crippen molar-refractivity contribution >= 4 is 32.7 Å². The third kappa shape index (κ3) is 2.45. The predicted octanol–water partition coefficient (Wildman–Crippen LogP) is 6.46. The number of pyridine rings is 1. The minimum atomic E-state index is -2.34. The predicted molar refractivity (Wildman–Crippen MR) is 117 cm³/mol. The molecule has 0 aliphatic carbocycles. The SMILES string of the molecule is [2H]C([2H])([2H])c1ccc(-c2c3oc4cc5ccc(C)cc5cc4c3c(C([2H])([2H])[2H])c[n+]2C)c(C)c1. The van der Waals surface area contributed by atoms with E-state index in [9.17, 15) is 0 Å². The molecule has 5 rings (SSSR count). The van der Waals surface area contributed by atoms with Gasteiger partial charge in [-0.1, -0.05) is 41.5 Å². The van der Waals surface area contributed by atoms with E-state index in [-0.39, 0.29) is 11.1 Å². The van der Waals surface area contributed by atoms with Gasteiger partial charge >= 0.3 is 0 Å². The maximum absolute atomic E-state index is 8.19. The second kappa shape index (κ2) is 5.93. The Labute approximate surface area is 173 Å². The quantitative estimate of drug-likeness (QED) is 0.308. The molecule has 2 heterocycles. The van der Waals surface area contributed by atoms with E-state index in [0.29, 0.717) is 22.2 Å². The zero-order valence-corrected chi connectivity index (χ0v) is 16.1. The fourth-order valence-corrected chi connectivity index (χ4v) is 4.12. The van der Waals surface area contributed by atoms with Crippen molar-refractivity contribution in [1.82, 2.24) is 0 Å². The summed E-state index contributed by atoms with van der Waals surface area (Å²) < 4.78 is 55.9. The number of rotatable bonds is 1. The van der Waals surface area contributed by atoms with E-state index in [0.717, 1.165) is 32.8 Å². The monoisotopic (exact) mass is 372 g/mol. The first-order valence-corrected chi connectivity index (χ1v) is 9.26. The molecule has 0 N–H and O–H groups in total. The minimum absolute atomic E-state index is 0.219. The van der Waals surface area contributed by atoms with Crippen LogP contribution >= 0.6 is 0 Å². The molecule has 2 aromatic heterocycles. The third-order valence-corrected chi connectivity index (χ3v) is 5.44. The van der Waals surface area contributed by atoms with Gasteiger partial charge in [0.25, 0.3) is 5.69 Å². The average molecular weight is 373 g/mol. The lowest BCUT2D eigenvalue weighted by molar-refractivity contribution is -0.659. The van der Waals surface area contributed by atoms with Crippen LogP contribution < -0.4 is 4.57 Å². The topological polar surface area (TPSA) is 17.0 Å². The lowest BCUT2D eigenvalue weighted by atomic mass is 9.98. The molecule has 0 aliphatic heterocycles. The van der Waals surface area contributed by atoms with Gasteiger partial charge in [-0.25, -0.2) is 0 Å². The van der Waals surface area contributed by atoms with Crippen LogP contribution in [0.25, 0.3) is 44.0 Å². The van der Waals surface area contributed by atoms with Gasteiger partial charge in [-0.3, -0.25) is 0 Å². The van der Waals surface area contributed by atoms with Crippen LogP contribution in [-0.2, 0) is 7.05 Å². The molecule has 0 radical (unpaired) electrons. The standard InChI is InChI=1S/C26H24NO/c1-15-7-9-21(17(3)10-15)25-26-24(18(4)14-27(25)5)22-12-20-11-16(2)6-8-19(20)13-23(22)28-26/h6-14H,1-5H3/q+1/i1D3,4D3. The molecule has 0 aliphatic rings. The van der Waals surface area contributed by atoms with E-state index in [1.54, 1.807) is 36.0 Å². The summed E-state index contributed by atoms with van der Waals surface area (Å²) in [5, 5.41) is 3.33. The second-order valence-corrected chi connectivity index (χ2v) is 7.54. The summed E-state index contributed by atoms with van der Waals surface area (Å²) in [5.74, 6) is 0. The smallest absolute Gasteiger partial charge is 0.256 e. The molecule has 0 fully saturated rings. The summed E-state index contributed by atoms with van der Waals surface area (Å²) in [7, 11) is 1.79. The van der Waals surface area contributed by atoms with E-state index >= 15 is 0 Å². The van der Waals surface area contributed by atoms with Gasteiger partial charge < -0.3 is 4.42 Å². The molecule has 0 bridgehead atoms. The summed E-state index contributed by atoms with van der Waals surface area (Å²) in [5.41, 5.74) is 4.95. The third-order valence-electron chi connectivity index (χ3n) is 5.44. The molecular weight excluding hydrogens is 342 g/mol. The Morgan fingerprint density at radius 2 is 1.71 bits per heavy atom. The first kappa shape index (κ1) is 11.7. The van der Waals surface area contributed by atoms with Crippen molar-refractivity contribution in [1.29, 1.82) is 0 Å². The van der Waals surface area contributed by atoms with Gasteiger partial charge in [-0.15, -0.1) is 0 Å². The van der Waals surface area contributed by atoms with E-state index in [2.05, 4.69) is 6.07 Å². The highest BCUT2D eigenvalue weighted by Gasteiger charge is 2.24. The Kier molecular flexibility index (Phi) is 2.47. The van der Waals surface area contributed by atoms with Gasteiger partial charge in [0.05, 0.1) is 5.56 Å². The van der Waals surface area contributed by atoms with Crippen LogP contribution in [0.2, 0.25) is 0 Å². The van der Waals surface area contributed by atoms with Crippen molar-refractivity contribution in [3.05, 3.63) is 77.0 Å². The van der Waals surface area contributed by atoms with Crippen molar-refractivity contribution < 1.29 is 17.2 Å². The van der Waals surface area contributed by atoms with Crippen LogP contribution in [0, 0.1) is 27.6 Å². The summed E-state index contributed by atoms with van der Waals surface area (Å²) in [6.45, 7) is -0.667. The fraction of sp³-hybridized carbons (Fsp3) is 0.192. The Morgan fingerprint density at radius 1 is 0.857 bits per heavy atom. The van der Waals surface area contributed by atoms with E-state index in [4.69, 9.17) is 12.6 Å². The highest BCUT2D eigenvalue weighted by Crippen LogP contribution is 2.38. The molecule has 2 nitrogen and oxygen atoms in total. The normalized spacial score (nSPS) is 15.8. The lowest BCUT2D eigenvalue weighted by Crippen LogP contribution is -2.31. The van der Waals surface area contributed by atoms with Crippen LogP contribution in [0.1, 0.15) is 30.5 Å². The second-order valence-electron chi connectivity index (χ2n) is 7.54. The largest absolute Gasteiger partial charge is 0.449 e. The van der Waals surface area contributed by atoms with E-state index in [1.165, 1.54) is 0 Å². The van der Waals surface area contributed by atoms with E-state index < -0.39 is 13.7 Å². The van der Waals surface area contributed by atoms with Crippen LogP contribution in [0.5, 0.6) is 0 Å². The molecule has 28 heavy (non-hydrogen) atoms. The maximum atomic E-state index is 8.19. The molecule has 3 aromatic carbocycles. The van der Waals surface area contributed by atoms with Crippen molar-refractivity contribution in [2.24, 2.45) is 7.05 Å². The van der Waals surface area contributed by atoms with Crippen LogP contribution in [0.4, 0.5) is 0 Å². The zero-order valence-electron chi connectivity index (χ0n) is 22.1. The van der Waals surface area contributed by atoms with Gasteiger partial charge in [-0.05, 0) is 62.1 Å². The molecule has 138 valence electrons. The Balaban J connectivity index is 1.91. The lowest BCUT2D eigenvalue weighted by Gasteiger charge is -2.07. The first-order chi connectivity index (χ1) is 15.8. The summed E-state index contributed by atoms with van der Waals surface area (Å²) in [6.07, 6.45) is 1.64. The average Bonchev–Trinajstić information content (AvgIpc) is 3.08. The molecule has 5 aromatic rings. The number of furan rings is 1. The number of benzene rings is 3. The number of hydrogen-bond donors (Lipinski definition) is 0. The van der Waals surface area contributed by atoms with Crippen molar-refractivity contribution in [2.75, 3.05) is 0 Å². The van der Waals surface area contributed by atoms with Gasteiger partial charge in [0.2, 0.25) is 5.58 Å². The highest BCUT2D eigenvalue weighted by molar-refractivity contribution is 6.13. The Morgan fingerprint density at radius 3 is 2.50 bits per heavy atom. The minimum Gasteiger partial charge on any atom is -0.449 e. The number of fused-ring (bicyclic) bond motifs is 4. The molecule has 2 heteroatoms. The number of hydrogen-bond acceptors (Lipinski definition) is 1. The van der Waals surface area contributed by atoms with Gasteiger partial charge in [-0.2, -0.15) is 4.57 Å². The van der Waals surface area contributed by atoms with Gasteiger partial charge in [0, 0.05) is 24.6 Å². The van der Waals surface area contributed by atoms with Crippen LogP contribution in [0.15, 0.2) is 59.1 Å². The van der Waals surface area contributed by atoms with Gasteiger partial charge in [0.15, 0.2) is 6.20 Å². The van der Waals surface area contributed by atoms with Crippen LogP contribution in [0.3, 0.4) is 0 Å². The highest BCUT2D eigenvalue weighted by atomic mass is 16.3. The Bertz CT molecular complexity index is 1610. The zero-order chi connectivity index (χ0) is 24.6. The van der Waals surface area contributed by atoms with Crippen molar-refractivity contribution in [2.45, 2.75) is 27.6 Å². The molecule has 0 saturated carbocycles. The molecule has 0 saturated heterocycles. The van der Waals surface area contributed by atoms with Crippen molar-refractivity contribution in [3.8, 4) is 11.3 Å². The van der Waals surface area contributed by atoms with Crippen molar-refractivity contribution in [3.63, 3.8) is 0 Å². The van der Waals surface area contributed by atoms with E-state index in [1.807, 2.05) is 38.1 Å². The number of nitrogens with zero attached hydrogens (tertiary/aromatic N) is 1. The molecule has 0 amide bonds. The number of aromatic nitrogens is 1. The molecule has 0 atom stereocenters. The maximum Gasteiger partial charge on any atom is 0.256 e.